The van der Waals surface area contributed by atoms with Gasteiger partial charge in [-0.25, -0.2) is 9.52 Å². The van der Waals surface area contributed by atoms with Crippen molar-refractivity contribution in [1.82, 2.24) is 9.62 Å². The first kappa shape index (κ1) is 13.5. The third-order valence-corrected chi connectivity index (χ3v) is 2.30. The number of rotatable bonds is 4. The Kier molecular flexibility index (Phi) is 4.07. The van der Waals surface area contributed by atoms with Gasteiger partial charge in [0.1, 0.15) is 6.61 Å². The van der Waals surface area contributed by atoms with Crippen LogP contribution < -0.4 is 4.72 Å². The van der Waals surface area contributed by atoms with Gasteiger partial charge in [0.15, 0.2) is 0 Å². The SMILES string of the molecule is O=C(NS(=O)(=O)Cl)OCCN1C(=O)C=CC1=O. The van der Waals surface area contributed by atoms with Gasteiger partial charge < -0.3 is 4.74 Å². The molecule has 8 nitrogen and oxygen atoms in total. The van der Waals surface area contributed by atoms with Gasteiger partial charge in [-0.3, -0.25) is 14.5 Å². The minimum atomic E-state index is -4.21. The van der Waals surface area contributed by atoms with E-state index < -0.39 is 27.1 Å². The molecule has 94 valence electrons. The normalized spacial score (nSPS) is 15.2. The molecule has 1 heterocycles. The van der Waals surface area contributed by atoms with Gasteiger partial charge in [0, 0.05) is 22.8 Å². The number of nitrogens with one attached hydrogen (secondary N) is 1. The molecule has 0 unspecified atom stereocenters. The van der Waals surface area contributed by atoms with Crippen molar-refractivity contribution in [3.05, 3.63) is 12.2 Å². The molecule has 17 heavy (non-hydrogen) atoms. The Morgan fingerprint density at radius 1 is 1.35 bits per heavy atom. The fourth-order valence-corrected chi connectivity index (χ4v) is 1.46. The van der Waals surface area contributed by atoms with Crippen molar-refractivity contribution < 1.29 is 27.5 Å². The number of hydrogen-bond acceptors (Lipinski definition) is 6. The highest BCUT2D eigenvalue weighted by molar-refractivity contribution is 8.12. The van der Waals surface area contributed by atoms with E-state index in [4.69, 9.17) is 10.7 Å². The lowest BCUT2D eigenvalue weighted by molar-refractivity contribution is -0.137. The minimum Gasteiger partial charge on any atom is -0.447 e. The molecular weight excluding hydrogens is 276 g/mol. The van der Waals surface area contributed by atoms with Crippen molar-refractivity contribution in [3.8, 4) is 0 Å². The van der Waals surface area contributed by atoms with Gasteiger partial charge in [-0.2, -0.15) is 8.42 Å². The van der Waals surface area contributed by atoms with Crippen LogP contribution in [0.25, 0.3) is 0 Å². The lowest BCUT2D eigenvalue weighted by Gasteiger charge is -2.13. The third-order valence-electron chi connectivity index (χ3n) is 1.65. The molecule has 0 bridgehead atoms. The van der Waals surface area contributed by atoms with Gasteiger partial charge in [0.25, 0.3) is 11.8 Å². The Morgan fingerprint density at radius 2 is 1.88 bits per heavy atom. The molecule has 1 aliphatic heterocycles. The zero-order chi connectivity index (χ0) is 13.1. The summed E-state index contributed by atoms with van der Waals surface area (Å²) in [6.45, 7) is -0.502. The number of imide groups is 1. The molecule has 0 saturated heterocycles. The lowest BCUT2D eigenvalue weighted by Crippen LogP contribution is -2.35. The fraction of sp³-hybridized carbons (Fsp3) is 0.286. The molecule has 0 aliphatic carbocycles. The molecule has 0 radical (unpaired) electrons. The van der Waals surface area contributed by atoms with Crippen LogP contribution in [0.15, 0.2) is 12.2 Å². The quantitative estimate of drug-likeness (QED) is 0.530. The molecule has 1 N–H and O–H groups in total. The van der Waals surface area contributed by atoms with Crippen LogP contribution in [-0.2, 0) is 23.6 Å². The summed E-state index contributed by atoms with van der Waals surface area (Å²) in [5.41, 5.74) is 0. The van der Waals surface area contributed by atoms with Crippen molar-refractivity contribution in [3.63, 3.8) is 0 Å². The highest BCUT2D eigenvalue weighted by Gasteiger charge is 2.23. The van der Waals surface area contributed by atoms with Crippen molar-refractivity contribution in [2.75, 3.05) is 13.2 Å². The van der Waals surface area contributed by atoms with E-state index in [1.54, 1.807) is 0 Å². The maximum Gasteiger partial charge on any atom is 0.421 e. The fourth-order valence-electron chi connectivity index (χ4n) is 1.01. The second-order valence-electron chi connectivity index (χ2n) is 2.84. The molecule has 0 saturated carbocycles. The Balaban J connectivity index is 2.32. The zero-order valence-corrected chi connectivity index (χ0v) is 9.82. The monoisotopic (exact) mass is 282 g/mol. The standard InChI is InChI=1S/C7H7ClN2O6S/c8-17(14,15)9-7(13)16-4-3-10-5(11)1-2-6(10)12/h1-2H,3-4H2,(H,9,13). The van der Waals surface area contributed by atoms with E-state index in [0.717, 1.165) is 17.1 Å². The van der Waals surface area contributed by atoms with Gasteiger partial charge in [0.05, 0.1) is 6.54 Å². The van der Waals surface area contributed by atoms with Gasteiger partial charge >= 0.3 is 15.3 Å². The number of carbonyl (C=O) groups is 3. The van der Waals surface area contributed by atoms with Gasteiger partial charge in [0.2, 0.25) is 0 Å². The molecule has 0 aromatic heterocycles. The van der Waals surface area contributed by atoms with Crippen LogP contribution in [0.5, 0.6) is 0 Å². The summed E-state index contributed by atoms with van der Waals surface area (Å²) in [4.78, 5) is 33.7. The average molecular weight is 283 g/mol. The second kappa shape index (κ2) is 5.15. The van der Waals surface area contributed by atoms with E-state index in [9.17, 15) is 22.8 Å². The minimum absolute atomic E-state index is 0.166. The summed E-state index contributed by atoms with van der Waals surface area (Å²) in [7, 11) is 0.506. The van der Waals surface area contributed by atoms with E-state index in [1.165, 1.54) is 4.72 Å². The topological polar surface area (TPSA) is 110 Å². The Bertz CT molecular complexity index is 467. The van der Waals surface area contributed by atoms with Crippen LogP contribution in [0.1, 0.15) is 0 Å². The largest absolute Gasteiger partial charge is 0.447 e. The number of ether oxygens (including phenoxy) is 1. The molecule has 3 amide bonds. The first-order valence-electron chi connectivity index (χ1n) is 4.22. The summed E-state index contributed by atoms with van der Waals surface area (Å²) >= 11 is 0. The first-order chi connectivity index (χ1) is 7.79. The second-order valence-corrected chi connectivity index (χ2v) is 5.14. The Labute approximate surface area is 101 Å². The van der Waals surface area contributed by atoms with Crippen molar-refractivity contribution in [2.24, 2.45) is 0 Å². The van der Waals surface area contributed by atoms with Crippen LogP contribution in [0, 0.1) is 0 Å². The van der Waals surface area contributed by atoms with Gasteiger partial charge in [-0.05, 0) is 0 Å². The van der Waals surface area contributed by atoms with Crippen LogP contribution >= 0.6 is 10.7 Å². The van der Waals surface area contributed by atoms with Crippen molar-refractivity contribution in [2.45, 2.75) is 0 Å². The summed E-state index contributed by atoms with van der Waals surface area (Å²) in [6, 6.07) is 0. The maximum absolute atomic E-state index is 11.0. The molecule has 1 rings (SSSR count). The lowest BCUT2D eigenvalue weighted by atomic mass is 10.5. The number of carbonyl (C=O) groups excluding carboxylic acids is 3. The number of hydrogen-bond donors (Lipinski definition) is 1. The van der Waals surface area contributed by atoms with E-state index in [2.05, 4.69) is 4.74 Å². The van der Waals surface area contributed by atoms with Crippen molar-refractivity contribution in [1.29, 1.82) is 0 Å². The van der Waals surface area contributed by atoms with Crippen LogP contribution in [0.3, 0.4) is 0 Å². The van der Waals surface area contributed by atoms with E-state index in [1.807, 2.05) is 0 Å². The molecule has 0 aromatic rings. The highest BCUT2D eigenvalue weighted by Crippen LogP contribution is 2.02. The highest BCUT2D eigenvalue weighted by atomic mass is 35.7. The van der Waals surface area contributed by atoms with Crippen LogP contribution in [-0.4, -0.2) is 44.4 Å². The van der Waals surface area contributed by atoms with Crippen LogP contribution in [0.4, 0.5) is 4.79 Å². The number of amides is 3. The third kappa shape index (κ3) is 4.41. The number of halogens is 1. The van der Waals surface area contributed by atoms with Gasteiger partial charge in [-0.15, -0.1) is 0 Å². The molecule has 0 atom stereocenters. The Hall–Kier alpha value is -1.61. The van der Waals surface area contributed by atoms with Crippen LogP contribution in [0.2, 0.25) is 0 Å². The van der Waals surface area contributed by atoms with Gasteiger partial charge in [-0.1, -0.05) is 0 Å². The van der Waals surface area contributed by atoms with E-state index >= 15 is 0 Å². The predicted molar refractivity (Wildman–Crippen MR) is 55.1 cm³/mol. The molecule has 1 aliphatic rings. The molecule has 0 aromatic carbocycles. The molecule has 0 spiro atoms. The summed E-state index contributed by atoms with van der Waals surface area (Å²) in [6.07, 6.45) is 0.865. The summed E-state index contributed by atoms with van der Waals surface area (Å²) in [5.74, 6) is -1.05. The molecule has 10 heteroatoms. The predicted octanol–water partition coefficient (Wildman–Crippen LogP) is -0.879. The average Bonchev–Trinajstić information content (AvgIpc) is 2.46. The smallest absolute Gasteiger partial charge is 0.421 e. The summed E-state index contributed by atoms with van der Waals surface area (Å²) in [5, 5.41) is 0. The maximum atomic E-state index is 11.0. The molecule has 0 fully saturated rings. The number of nitrogens with zero attached hydrogens (tertiary/aromatic N) is 1. The Morgan fingerprint density at radius 3 is 2.35 bits per heavy atom. The van der Waals surface area contributed by atoms with E-state index in [0.29, 0.717) is 0 Å². The van der Waals surface area contributed by atoms with Crippen molar-refractivity contribution >= 4 is 37.8 Å². The molecular formula is C7H7ClN2O6S. The first-order valence-corrected chi connectivity index (χ1v) is 6.53. The summed E-state index contributed by atoms with van der Waals surface area (Å²) < 4.78 is 26.5. The van der Waals surface area contributed by atoms with E-state index in [-0.39, 0.29) is 13.2 Å². The zero-order valence-electron chi connectivity index (χ0n) is 8.25.